The second-order valence-electron chi connectivity index (χ2n) is 10.8. The number of ether oxygens (including phenoxy) is 1. The number of hydrogen-bond donors (Lipinski definition) is 1. The van der Waals surface area contributed by atoms with E-state index >= 15 is 0 Å². The van der Waals surface area contributed by atoms with E-state index in [1.807, 2.05) is 21.0 Å². The highest BCUT2D eigenvalue weighted by Crippen LogP contribution is 2.70. The summed E-state index contributed by atoms with van der Waals surface area (Å²) in [5, 5.41) is 3.43. The van der Waals surface area contributed by atoms with Gasteiger partial charge in [-0.3, -0.25) is 13.9 Å². The molecule has 3 fully saturated rings. The van der Waals surface area contributed by atoms with E-state index in [1.54, 1.807) is 9.13 Å². The molecule has 6 nitrogen and oxygen atoms in total. The maximum Gasteiger partial charge on any atom is 0.328 e. The molecule has 1 aliphatic heterocycles. The van der Waals surface area contributed by atoms with E-state index in [0.29, 0.717) is 24.9 Å². The van der Waals surface area contributed by atoms with Gasteiger partial charge in [0.1, 0.15) is 0 Å². The smallest absolute Gasteiger partial charge is 0.328 e. The number of fused-ring (bicyclic) bond motifs is 2. The lowest BCUT2D eigenvalue weighted by molar-refractivity contribution is -0.137. The largest absolute Gasteiger partial charge is 0.373 e. The van der Waals surface area contributed by atoms with Crippen LogP contribution in [0.15, 0.2) is 16.9 Å². The average molecular weight is 426 g/mol. The van der Waals surface area contributed by atoms with Crippen LogP contribution in [0, 0.1) is 29.6 Å². The summed E-state index contributed by atoms with van der Waals surface area (Å²) < 4.78 is 9.91. The van der Waals surface area contributed by atoms with Gasteiger partial charge in [0.05, 0.1) is 17.1 Å². The van der Waals surface area contributed by atoms with Gasteiger partial charge in [-0.1, -0.05) is 20.8 Å². The van der Waals surface area contributed by atoms with E-state index in [1.165, 1.54) is 17.5 Å². The molecule has 1 aromatic carbocycles. The molecule has 1 saturated heterocycles. The molecule has 2 aliphatic carbocycles. The Morgan fingerprint density at radius 2 is 1.90 bits per heavy atom. The molecule has 6 heteroatoms. The van der Waals surface area contributed by atoms with Crippen LogP contribution in [0.2, 0.25) is 0 Å². The zero-order valence-electron chi connectivity index (χ0n) is 19.6. The Balaban J connectivity index is 1.59. The SMILES string of the molecule is CCC(=O)N[C@H]1C(C)(C)[C@@H]2C[C@@H]3[C@@H](c4cc5c(cc4C)n(C)c(=O)n5C)OCCC31C2. The lowest BCUT2D eigenvalue weighted by atomic mass is 9.58. The third kappa shape index (κ3) is 2.66. The highest BCUT2D eigenvalue weighted by atomic mass is 16.5. The summed E-state index contributed by atoms with van der Waals surface area (Å²) in [7, 11) is 3.66. The first kappa shape index (κ1) is 20.8. The van der Waals surface area contributed by atoms with E-state index < -0.39 is 0 Å². The maximum atomic E-state index is 12.5. The van der Waals surface area contributed by atoms with E-state index in [9.17, 15) is 9.59 Å². The van der Waals surface area contributed by atoms with Gasteiger partial charge in [-0.05, 0) is 72.1 Å². The summed E-state index contributed by atoms with van der Waals surface area (Å²) in [4.78, 5) is 24.9. The minimum atomic E-state index is -0.00315. The second-order valence-corrected chi connectivity index (χ2v) is 10.8. The zero-order valence-corrected chi connectivity index (χ0v) is 19.6. The molecule has 5 atom stereocenters. The summed E-state index contributed by atoms with van der Waals surface area (Å²) in [6.45, 7) is 9.45. The minimum Gasteiger partial charge on any atom is -0.373 e. The lowest BCUT2D eigenvalue weighted by Gasteiger charge is -2.53. The first-order chi connectivity index (χ1) is 14.6. The van der Waals surface area contributed by atoms with Crippen molar-refractivity contribution in [3.05, 3.63) is 33.7 Å². The number of benzene rings is 1. The molecule has 0 radical (unpaired) electrons. The predicted molar refractivity (Wildman–Crippen MR) is 121 cm³/mol. The third-order valence-corrected chi connectivity index (χ3v) is 9.10. The summed E-state index contributed by atoms with van der Waals surface area (Å²) in [6.07, 6.45) is 3.85. The Morgan fingerprint density at radius 3 is 2.58 bits per heavy atom. The maximum absolute atomic E-state index is 12.5. The molecule has 1 aromatic heterocycles. The fourth-order valence-corrected chi connectivity index (χ4v) is 7.33. The Kier molecular flexibility index (Phi) is 4.50. The van der Waals surface area contributed by atoms with Crippen LogP contribution in [0.5, 0.6) is 0 Å². The number of nitrogens with zero attached hydrogens (tertiary/aromatic N) is 2. The van der Waals surface area contributed by atoms with Crippen molar-refractivity contribution < 1.29 is 9.53 Å². The van der Waals surface area contributed by atoms with Crippen molar-refractivity contribution in [3.8, 4) is 0 Å². The van der Waals surface area contributed by atoms with E-state index in [-0.39, 0.29) is 34.6 Å². The molecular weight excluding hydrogens is 390 g/mol. The number of nitrogens with one attached hydrogen (secondary N) is 1. The van der Waals surface area contributed by atoms with Crippen molar-refractivity contribution in [2.24, 2.45) is 36.8 Å². The standard InChI is InChI=1S/C25H35N3O3/c1-7-20(29)26-22-24(3,4)15-11-17-21(31-9-8-25(17,22)13-15)16-12-19-18(10-14(16)2)27(5)23(30)28(19)6/h10,12,15,17,21-22H,7-9,11,13H2,1-6H3,(H,26,29)/t15-,17-,21-,22+,25?/m1/s1. The second kappa shape index (κ2) is 6.71. The van der Waals surface area contributed by atoms with Gasteiger partial charge >= 0.3 is 5.69 Å². The number of aromatic nitrogens is 2. The predicted octanol–water partition coefficient (Wildman–Crippen LogP) is 3.59. The molecule has 2 bridgehead atoms. The number of rotatable bonds is 3. The molecule has 1 spiro atoms. The van der Waals surface area contributed by atoms with Gasteiger partial charge in [-0.25, -0.2) is 4.79 Å². The van der Waals surface area contributed by atoms with Crippen molar-refractivity contribution in [2.45, 2.75) is 65.5 Å². The fourth-order valence-electron chi connectivity index (χ4n) is 7.33. The normalized spacial score (nSPS) is 33.6. The highest BCUT2D eigenvalue weighted by Gasteiger charge is 2.68. The zero-order chi connectivity index (χ0) is 22.3. The van der Waals surface area contributed by atoms with Gasteiger partial charge in [-0.2, -0.15) is 0 Å². The molecule has 2 heterocycles. The van der Waals surface area contributed by atoms with Crippen molar-refractivity contribution in [3.63, 3.8) is 0 Å². The van der Waals surface area contributed by atoms with Crippen molar-refractivity contribution in [2.75, 3.05) is 6.61 Å². The summed E-state index contributed by atoms with van der Waals surface area (Å²) in [6, 6.07) is 4.49. The molecule has 2 aromatic rings. The van der Waals surface area contributed by atoms with Crippen LogP contribution in [-0.2, 0) is 23.6 Å². The Hall–Kier alpha value is -2.08. The number of hydrogen-bond acceptors (Lipinski definition) is 3. The van der Waals surface area contributed by atoms with Gasteiger partial charge in [0.15, 0.2) is 0 Å². The first-order valence-electron chi connectivity index (χ1n) is 11.7. The molecule has 168 valence electrons. The van der Waals surface area contributed by atoms with Crippen LogP contribution in [0.3, 0.4) is 0 Å². The molecular formula is C25H35N3O3. The van der Waals surface area contributed by atoms with E-state index in [2.05, 4.69) is 38.2 Å². The summed E-state index contributed by atoms with van der Waals surface area (Å²) in [5.41, 5.74) is 4.47. The summed E-state index contributed by atoms with van der Waals surface area (Å²) >= 11 is 0. The molecule has 1 amide bonds. The fraction of sp³-hybridized carbons (Fsp3) is 0.680. The summed E-state index contributed by atoms with van der Waals surface area (Å²) in [5.74, 6) is 1.13. The number of carbonyl (C=O) groups excluding carboxylic acids is 1. The number of aryl methyl sites for hydroxylation is 3. The van der Waals surface area contributed by atoms with Crippen LogP contribution in [-0.4, -0.2) is 27.7 Å². The molecule has 2 saturated carbocycles. The average Bonchev–Trinajstić information content (AvgIpc) is 3.30. The Labute approximate surface area is 183 Å². The molecule has 1 N–H and O–H groups in total. The van der Waals surface area contributed by atoms with Crippen molar-refractivity contribution in [1.29, 1.82) is 0 Å². The quantitative estimate of drug-likeness (QED) is 0.817. The van der Waals surface area contributed by atoms with E-state index in [4.69, 9.17) is 4.74 Å². The lowest BCUT2D eigenvalue weighted by Crippen LogP contribution is -2.58. The Bertz CT molecular complexity index is 1130. The number of amides is 1. The number of imidazole rings is 1. The van der Waals surface area contributed by atoms with E-state index in [0.717, 1.165) is 23.9 Å². The molecule has 1 unspecified atom stereocenters. The monoisotopic (exact) mass is 425 g/mol. The molecule has 31 heavy (non-hydrogen) atoms. The molecule has 5 rings (SSSR count). The van der Waals surface area contributed by atoms with Gasteiger partial charge < -0.3 is 10.1 Å². The minimum absolute atomic E-state index is 0.00315. The van der Waals surface area contributed by atoms with Crippen LogP contribution < -0.4 is 11.0 Å². The van der Waals surface area contributed by atoms with Crippen LogP contribution >= 0.6 is 0 Å². The van der Waals surface area contributed by atoms with Crippen LogP contribution in [0.25, 0.3) is 11.0 Å². The Morgan fingerprint density at radius 1 is 1.23 bits per heavy atom. The molecule has 3 aliphatic rings. The van der Waals surface area contributed by atoms with Gasteiger partial charge in [0.25, 0.3) is 0 Å². The highest BCUT2D eigenvalue weighted by molar-refractivity contribution is 5.78. The van der Waals surface area contributed by atoms with Crippen LogP contribution in [0.4, 0.5) is 0 Å². The third-order valence-electron chi connectivity index (χ3n) is 9.10. The van der Waals surface area contributed by atoms with Crippen LogP contribution in [0.1, 0.15) is 63.7 Å². The van der Waals surface area contributed by atoms with Crippen molar-refractivity contribution >= 4 is 16.9 Å². The first-order valence-corrected chi connectivity index (χ1v) is 11.7. The topological polar surface area (TPSA) is 65.3 Å². The van der Waals surface area contributed by atoms with Crippen molar-refractivity contribution in [1.82, 2.24) is 14.5 Å². The van der Waals surface area contributed by atoms with Gasteiger partial charge in [0, 0.05) is 33.2 Å². The number of carbonyl (C=O) groups is 1. The van der Waals surface area contributed by atoms with Gasteiger partial charge in [0.2, 0.25) is 5.91 Å². The van der Waals surface area contributed by atoms with Gasteiger partial charge in [-0.15, -0.1) is 0 Å².